The molecule has 0 saturated heterocycles. The summed E-state index contributed by atoms with van der Waals surface area (Å²) in [5, 5.41) is 8.26. The first-order chi connectivity index (χ1) is 9.52. The third-order valence-corrected chi connectivity index (χ3v) is 4.60. The number of carbonyl (C=O) groups excluding carboxylic acids is 1. The zero-order valence-corrected chi connectivity index (χ0v) is 13.1. The summed E-state index contributed by atoms with van der Waals surface area (Å²) in [6.07, 6.45) is 0. The van der Waals surface area contributed by atoms with Gasteiger partial charge in [0, 0.05) is 23.2 Å². The molecule has 0 fully saturated rings. The molecule has 2 N–H and O–H groups in total. The third-order valence-electron chi connectivity index (χ3n) is 3.39. The van der Waals surface area contributed by atoms with Crippen molar-refractivity contribution < 1.29 is 4.79 Å². The highest BCUT2D eigenvalue weighted by Crippen LogP contribution is 2.28. The number of anilines is 1. The summed E-state index contributed by atoms with van der Waals surface area (Å²) in [6.45, 7) is 6.31. The fraction of sp³-hybridized carbons (Fsp3) is 0.312. The number of amides is 1. The molecule has 1 unspecified atom stereocenters. The summed E-state index contributed by atoms with van der Waals surface area (Å²) in [4.78, 5) is 13.0. The Morgan fingerprint density at radius 1 is 1.20 bits per heavy atom. The van der Waals surface area contributed by atoms with Crippen molar-refractivity contribution in [2.24, 2.45) is 0 Å². The second-order valence-electron chi connectivity index (χ2n) is 4.94. The zero-order valence-electron chi connectivity index (χ0n) is 12.3. The van der Waals surface area contributed by atoms with Gasteiger partial charge in [0.05, 0.1) is 6.04 Å². The molecule has 106 valence electrons. The minimum absolute atomic E-state index is 0.0620. The average molecular weight is 288 g/mol. The van der Waals surface area contributed by atoms with Crippen LogP contribution >= 0.6 is 11.3 Å². The monoisotopic (exact) mass is 288 g/mol. The first-order valence-electron chi connectivity index (χ1n) is 6.66. The second-order valence-corrected chi connectivity index (χ2v) is 5.89. The first-order valence-corrected chi connectivity index (χ1v) is 7.54. The number of hydrogen-bond donors (Lipinski definition) is 2. The van der Waals surface area contributed by atoms with Gasteiger partial charge >= 0.3 is 0 Å². The highest BCUT2D eigenvalue weighted by molar-refractivity contribution is 7.10. The van der Waals surface area contributed by atoms with Crippen molar-refractivity contribution in [1.29, 1.82) is 0 Å². The van der Waals surface area contributed by atoms with Crippen LogP contribution in [0, 0.1) is 13.8 Å². The summed E-state index contributed by atoms with van der Waals surface area (Å²) >= 11 is 1.76. The summed E-state index contributed by atoms with van der Waals surface area (Å²) < 4.78 is 0. The Hall–Kier alpha value is -1.81. The fourth-order valence-electron chi connectivity index (χ4n) is 2.19. The van der Waals surface area contributed by atoms with Crippen molar-refractivity contribution >= 4 is 22.9 Å². The molecule has 2 rings (SSSR count). The Morgan fingerprint density at radius 2 is 1.95 bits per heavy atom. The summed E-state index contributed by atoms with van der Waals surface area (Å²) in [7, 11) is 1.65. The van der Waals surface area contributed by atoms with Crippen LogP contribution in [0.4, 0.5) is 5.69 Å². The molecular weight excluding hydrogens is 268 g/mol. The van der Waals surface area contributed by atoms with Crippen LogP contribution < -0.4 is 10.6 Å². The molecule has 4 heteroatoms. The van der Waals surface area contributed by atoms with Gasteiger partial charge in [-0.05, 0) is 55.5 Å². The van der Waals surface area contributed by atoms with Crippen LogP contribution in [0.5, 0.6) is 0 Å². The van der Waals surface area contributed by atoms with Gasteiger partial charge < -0.3 is 10.6 Å². The molecule has 3 nitrogen and oxygen atoms in total. The van der Waals surface area contributed by atoms with Crippen molar-refractivity contribution in [2.45, 2.75) is 26.8 Å². The number of aryl methyl sites for hydroxylation is 2. The fourth-order valence-corrected chi connectivity index (χ4v) is 3.13. The lowest BCUT2D eigenvalue weighted by molar-refractivity contribution is 0.0963. The molecule has 0 aliphatic heterocycles. The molecule has 1 amide bonds. The predicted molar refractivity (Wildman–Crippen MR) is 85.7 cm³/mol. The van der Waals surface area contributed by atoms with Crippen LogP contribution in [0.25, 0.3) is 0 Å². The van der Waals surface area contributed by atoms with Crippen molar-refractivity contribution in [3.8, 4) is 0 Å². The molecule has 2 aromatic rings. The number of nitrogens with one attached hydrogen (secondary N) is 2. The Bertz CT molecular complexity index is 619. The second kappa shape index (κ2) is 6.09. The Labute approximate surface area is 124 Å². The summed E-state index contributed by atoms with van der Waals surface area (Å²) in [5.74, 6) is -0.0620. The Morgan fingerprint density at radius 3 is 2.55 bits per heavy atom. The van der Waals surface area contributed by atoms with E-state index in [0.29, 0.717) is 5.56 Å². The molecule has 20 heavy (non-hydrogen) atoms. The molecule has 0 bridgehead atoms. The lowest BCUT2D eigenvalue weighted by Crippen LogP contribution is -2.18. The zero-order chi connectivity index (χ0) is 14.7. The van der Waals surface area contributed by atoms with Crippen molar-refractivity contribution in [2.75, 3.05) is 12.4 Å². The maximum Gasteiger partial charge on any atom is 0.251 e. The highest BCUT2D eigenvalue weighted by Gasteiger charge is 2.12. The van der Waals surface area contributed by atoms with E-state index in [4.69, 9.17) is 0 Å². The predicted octanol–water partition coefficient (Wildman–Crippen LogP) is 3.90. The van der Waals surface area contributed by atoms with Crippen LogP contribution in [0.2, 0.25) is 0 Å². The minimum atomic E-state index is -0.0620. The normalized spacial score (nSPS) is 12.0. The third kappa shape index (κ3) is 3.02. The van der Waals surface area contributed by atoms with Crippen LogP contribution in [-0.4, -0.2) is 13.0 Å². The van der Waals surface area contributed by atoms with Gasteiger partial charge in [-0.2, -0.15) is 0 Å². The quantitative estimate of drug-likeness (QED) is 0.896. The largest absolute Gasteiger partial charge is 0.377 e. The van der Waals surface area contributed by atoms with Crippen molar-refractivity contribution in [1.82, 2.24) is 5.32 Å². The van der Waals surface area contributed by atoms with E-state index in [0.717, 1.165) is 11.3 Å². The van der Waals surface area contributed by atoms with Gasteiger partial charge in [-0.1, -0.05) is 6.07 Å². The Kier molecular flexibility index (Phi) is 4.45. The number of rotatable bonds is 4. The first kappa shape index (κ1) is 14.6. The van der Waals surface area contributed by atoms with Crippen LogP contribution in [0.15, 0.2) is 29.6 Å². The number of hydrogen-bond acceptors (Lipinski definition) is 3. The minimum Gasteiger partial charge on any atom is -0.377 e. The maximum absolute atomic E-state index is 11.7. The van der Waals surface area contributed by atoms with Gasteiger partial charge in [0.2, 0.25) is 0 Å². The molecule has 1 atom stereocenters. The topological polar surface area (TPSA) is 41.1 Å². The van der Waals surface area contributed by atoms with Crippen LogP contribution in [0.3, 0.4) is 0 Å². The molecule has 0 spiro atoms. The van der Waals surface area contributed by atoms with Gasteiger partial charge in [0.1, 0.15) is 0 Å². The molecule has 0 saturated carbocycles. The number of thiophene rings is 1. The summed E-state index contributed by atoms with van der Waals surface area (Å²) in [5.41, 5.74) is 4.12. The number of benzene rings is 1. The molecular formula is C16H20N2OS. The van der Waals surface area contributed by atoms with Gasteiger partial charge in [0.15, 0.2) is 0 Å². The van der Waals surface area contributed by atoms with E-state index >= 15 is 0 Å². The summed E-state index contributed by atoms with van der Waals surface area (Å²) in [6, 6.07) is 8.09. The van der Waals surface area contributed by atoms with Crippen molar-refractivity contribution in [3.63, 3.8) is 0 Å². The SMILES string of the molecule is CNC(=O)c1ccc(C)c(NC(C)c2sccc2C)c1. The van der Waals surface area contributed by atoms with E-state index in [1.807, 2.05) is 25.1 Å². The average Bonchev–Trinajstić information content (AvgIpc) is 2.86. The van der Waals surface area contributed by atoms with E-state index in [2.05, 4.69) is 35.9 Å². The molecule has 1 aromatic carbocycles. The van der Waals surface area contributed by atoms with Crippen molar-refractivity contribution in [3.05, 3.63) is 51.2 Å². The molecule has 0 radical (unpaired) electrons. The molecule has 0 aliphatic carbocycles. The maximum atomic E-state index is 11.7. The molecule has 1 heterocycles. The lowest BCUT2D eigenvalue weighted by Gasteiger charge is -2.17. The van der Waals surface area contributed by atoms with E-state index in [9.17, 15) is 4.79 Å². The van der Waals surface area contributed by atoms with E-state index in [-0.39, 0.29) is 11.9 Å². The van der Waals surface area contributed by atoms with E-state index in [1.165, 1.54) is 10.4 Å². The standard InChI is InChI=1S/C16H20N2OS/c1-10-5-6-13(16(19)17-4)9-14(10)18-12(3)15-11(2)7-8-20-15/h5-9,12,18H,1-4H3,(H,17,19). The van der Waals surface area contributed by atoms with Gasteiger partial charge in [-0.15, -0.1) is 11.3 Å². The molecule has 1 aromatic heterocycles. The van der Waals surface area contributed by atoms with E-state index in [1.54, 1.807) is 18.4 Å². The molecule has 0 aliphatic rings. The smallest absolute Gasteiger partial charge is 0.251 e. The van der Waals surface area contributed by atoms with Gasteiger partial charge in [-0.25, -0.2) is 0 Å². The van der Waals surface area contributed by atoms with E-state index < -0.39 is 0 Å². The number of carbonyl (C=O) groups is 1. The lowest BCUT2D eigenvalue weighted by atomic mass is 10.1. The Balaban J connectivity index is 2.24. The van der Waals surface area contributed by atoms with Gasteiger partial charge in [-0.3, -0.25) is 4.79 Å². The van der Waals surface area contributed by atoms with Crippen LogP contribution in [-0.2, 0) is 0 Å². The van der Waals surface area contributed by atoms with Gasteiger partial charge in [0.25, 0.3) is 5.91 Å². The highest BCUT2D eigenvalue weighted by atomic mass is 32.1. The van der Waals surface area contributed by atoms with Crippen LogP contribution in [0.1, 0.15) is 39.3 Å².